The average molecular weight is 168 g/mol. The third-order valence-corrected chi connectivity index (χ3v) is 1.56. The number of hydrogen-bond acceptors (Lipinski definition) is 3. The van der Waals surface area contributed by atoms with E-state index in [0.29, 0.717) is 11.3 Å². The molecule has 1 aliphatic heterocycles. The van der Waals surface area contributed by atoms with Gasteiger partial charge >= 0.3 is 6.16 Å². The van der Waals surface area contributed by atoms with Crippen molar-refractivity contribution in [2.75, 3.05) is 0 Å². The zero-order valence-corrected chi connectivity index (χ0v) is 6.04. The van der Waals surface area contributed by atoms with E-state index in [1.807, 2.05) is 0 Å². The lowest BCUT2D eigenvalue weighted by atomic mass is 10.2. The van der Waals surface area contributed by atoms with Crippen LogP contribution in [-0.4, -0.2) is 6.16 Å². The van der Waals surface area contributed by atoms with Crippen LogP contribution in [0.3, 0.4) is 0 Å². The maximum Gasteiger partial charge on any atom is 0.514 e. The SMILES string of the molecule is O=C1OCc2cc(F)ccc2O1. The molecule has 3 nitrogen and oxygen atoms in total. The van der Waals surface area contributed by atoms with Crippen molar-refractivity contribution in [3.8, 4) is 5.75 Å². The fourth-order valence-corrected chi connectivity index (χ4v) is 1.02. The van der Waals surface area contributed by atoms with E-state index in [9.17, 15) is 9.18 Å². The van der Waals surface area contributed by atoms with E-state index in [0.717, 1.165) is 0 Å². The van der Waals surface area contributed by atoms with E-state index in [1.165, 1.54) is 18.2 Å². The fraction of sp³-hybridized carbons (Fsp3) is 0.125. The van der Waals surface area contributed by atoms with Crippen LogP contribution in [0.15, 0.2) is 18.2 Å². The van der Waals surface area contributed by atoms with Gasteiger partial charge in [-0.25, -0.2) is 9.18 Å². The number of rotatable bonds is 0. The van der Waals surface area contributed by atoms with Gasteiger partial charge in [0.25, 0.3) is 0 Å². The largest absolute Gasteiger partial charge is 0.514 e. The molecule has 0 aromatic heterocycles. The normalized spacial score (nSPS) is 14.6. The highest BCUT2D eigenvalue weighted by atomic mass is 19.1. The Morgan fingerprint density at radius 3 is 3.08 bits per heavy atom. The molecular formula is C8H5FO3. The molecule has 4 heteroatoms. The molecule has 0 saturated carbocycles. The molecule has 0 N–H and O–H groups in total. The number of ether oxygens (including phenoxy) is 2. The Morgan fingerprint density at radius 2 is 2.25 bits per heavy atom. The van der Waals surface area contributed by atoms with Gasteiger partial charge in [-0.15, -0.1) is 0 Å². The van der Waals surface area contributed by atoms with Crippen molar-refractivity contribution in [1.82, 2.24) is 0 Å². The molecule has 0 spiro atoms. The van der Waals surface area contributed by atoms with E-state index < -0.39 is 6.16 Å². The third kappa shape index (κ3) is 1.11. The second kappa shape index (κ2) is 2.48. The van der Waals surface area contributed by atoms with E-state index in [1.54, 1.807) is 0 Å². The standard InChI is InChI=1S/C8H5FO3/c9-6-1-2-7-5(3-6)4-11-8(10)12-7/h1-3H,4H2. The Balaban J connectivity index is 2.43. The summed E-state index contributed by atoms with van der Waals surface area (Å²) in [5.41, 5.74) is 0.551. The van der Waals surface area contributed by atoms with Crippen molar-refractivity contribution in [1.29, 1.82) is 0 Å². The Kier molecular flexibility index (Phi) is 1.46. The van der Waals surface area contributed by atoms with Crippen molar-refractivity contribution >= 4 is 6.16 Å². The first-order valence-electron chi connectivity index (χ1n) is 3.39. The lowest BCUT2D eigenvalue weighted by Crippen LogP contribution is -2.17. The summed E-state index contributed by atoms with van der Waals surface area (Å²) in [6, 6.07) is 3.92. The van der Waals surface area contributed by atoms with E-state index in [-0.39, 0.29) is 12.4 Å². The molecule has 1 aliphatic rings. The molecule has 0 aliphatic carbocycles. The van der Waals surface area contributed by atoms with Gasteiger partial charge in [-0.1, -0.05) is 0 Å². The summed E-state index contributed by atoms with van der Waals surface area (Å²) in [4.78, 5) is 10.6. The lowest BCUT2D eigenvalue weighted by molar-refractivity contribution is 0.0783. The summed E-state index contributed by atoms with van der Waals surface area (Å²) in [5.74, 6) is 0.00273. The summed E-state index contributed by atoms with van der Waals surface area (Å²) < 4.78 is 21.8. The van der Waals surface area contributed by atoms with Crippen molar-refractivity contribution in [2.45, 2.75) is 6.61 Å². The molecule has 0 bridgehead atoms. The monoisotopic (exact) mass is 168 g/mol. The number of carbonyl (C=O) groups is 1. The van der Waals surface area contributed by atoms with E-state index >= 15 is 0 Å². The van der Waals surface area contributed by atoms with Gasteiger partial charge in [0.2, 0.25) is 0 Å². The minimum Gasteiger partial charge on any atom is -0.429 e. The van der Waals surface area contributed by atoms with Crippen LogP contribution in [0.1, 0.15) is 5.56 Å². The number of cyclic esters (lactones) is 1. The maximum atomic E-state index is 12.6. The highest BCUT2D eigenvalue weighted by Gasteiger charge is 2.17. The number of fused-ring (bicyclic) bond motifs is 1. The van der Waals surface area contributed by atoms with Crippen LogP contribution in [0.25, 0.3) is 0 Å². The highest BCUT2D eigenvalue weighted by Crippen LogP contribution is 2.24. The molecular weight excluding hydrogens is 163 g/mol. The Bertz CT molecular complexity index is 335. The van der Waals surface area contributed by atoms with Crippen LogP contribution in [0.2, 0.25) is 0 Å². The smallest absolute Gasteiger partial charge is 0.429 e. The number of hydrogen-bond donors (Lipinski definition) is 0. The molecule has 12 heavy (non-hydrogen) atoms. The molecule has 2 rings (SSSR count). The first-order valence-corrected chi connectivity index (χ1v) is 3.39. The van der Waals surface area contributed by atoms with Gasteiger partial charge < -0.3 is 9.47 Å². The summed E-state index contributed by atoms with van der Waals surface area (Å²) in [6.07, 6.45) is -0.742. The fourth-order valence-electron chi connectivity index (χ4n) is 1.02. The lowest BCUT2D eigenvalue weighted by Gasteiger charge is -2.14. The minimum absolute atomic E-state index is 0.0753. The Hall–Kier alpha value is -1.58. The zero-order chi connectivity index (χ0) is 8.55. The van der Waals surface area contributed by atoms with Crippen molar-refractivity contribution in [3.05, 3.63) is 29.6 Å². The van der Waals surface area contributed by atoms with E-state index in [2.05, 4.69) is 9.47 Å². The first-order chi connectivity index (χ1) is 5.75. The molecule has 1 heterocycles. The molecule has 0 amide bonds. The van der Waals surface area contributed by atoms with E-state index in [4.69, 9.17) is 0 Å². The van der Waals surface area contributed by atoms with Gasteiger partial charge in [-0.2, -0.15) is 0 Å². The van der Waals surface area contributed by atoms with Gasteiger partial charge in [-0.05, 0) is 18.2 Å². The van der Waals surface area contributed by atoms with Crippen molar-refractivity contribution < 1.29 is 18.7 Å². The topological polar surface area (TPSA) is 35.5 Å². The Labute approximate surface area is 67.7 Å². The number of carbonyl (C=O) groups excluding carboxylic acids is 1. The van der Waals surface area contributed by atoms with Gasteiger partial charge in [0.05, 0.1) is 0 Å². The molecule has 0 fully saturated rings. The van der Waals surface area contributed by atoms with Crippen molar-refractivity contribution in [3.63, 3.8) is 0 Å². The average Bonchev–Trinajstić information content (AvgIpc) is 2.05. The predicted molar refractivity (Wildman–Crippen MR) is 37.2 cm³/mol. The first kappa shape index (κ1) is 7.09. The second-order valence-corrected chi connectivity index (χ2v) is 2.39. The molecule has 0 atom stereocenters. The van der Waals surface area contributed by atoms with Gasteiger partial charge in [0.1, 0.15) is 18.2 Å². The Morgan fingerprint density at radius 1 is 1.42 bits per heavy atom. The van der Waals surface area contributed by atoms with Gasteiger partial charge in [-0.3, -0.25) is 0 Å². The minimum atomic E-state index is -0.742. The summed E-state index contributed by atoms with van der Waals surface area (Å²) in [6.45, 7) is 0.0753. The van der Waals surface area contributed by atoms with Crippen LogP contribution < -0.4 is 4.74 Å². The van der Waals surface area contributed by atoms with Crippen LogP contribution in [0.4, 0.5) is 9.18 Å². The molecule has 1 aromatic carbocycles. The number of benzene rings is 1. The van der Waals surface area contributed by atoms with Gasteiger partial charge in [0.15, 0.2) is 0 Å². The summed E-state index contributed by atoms with van der Waals surface area (Å²) >= 11 is 0. The molecule has 1 aromatic rings. The zero-order valence-electron chi connectivity index (χ0n) is 6.04. The predicted octanol–water partition coefficient (Wildman–Crippen LogP) is 1.85. The quantitative estimate of drug-likeness (QED) is 0.438. The van der Waals surface area contributed by atoms with Crippen LogP contribution in [-0.2, 0) is 11.3 Å². The third-order valence-electron chi connectivity index (χ3n) is 1.56. The molecule has 0 radical (unpaired) electrons. The number of halogens is 1. The molecule has 62 valence electrons. The van der Waals surface area contributed by atoms with Crippen LogP contribution >= 0.6 is 0 Å². The second-order valence-electron chi connectivity index (χ2n) is 2.39. The van der Waals surface area contributed by atoms with Crippen LogP contribution in [0, 0.1) is 5.82 Å². The highest BCUT2D eigenvalue weighted by molar-refractivity contribution is 5.66. The molecule has 0 unspecified atom stereocenters. The maximum absolute atomic E-state index is 12.6. The summed E-state index contributed by atoms with van der Waals surface area (Å²) in [5, 5.41) is 0. The van der Waals surface area contributed by atoms with Crippen molar-refractivity contribution in [2.24, 2.45) is 0 Å². The van der Waals surface area contributed by atoms with Crippen LogP contribution in [0.5, 0.6) is 5.75 Å². The molecule has 0 saturated heterocycles. The summed E-state index contributed by atoms with van der Waals surface area (Å²) in [7, 11) is 0. The van der Waals surface area contributed by atoms with Gasteiger partial charge in [0, 0.05) is 5.56 Å².